The zero-order chi connectivity index (χ0) is 13.7. The van der Waals surface area contributed by atoms with Crippen molar-refractivity contribution in [1.29, 1.82) is 0 Å². The minimum Gasteiger partial charge on any atom is -0.487 e. The quantitative estimate of drug-likeness (QED) is 0.608. The standard InChI is InChI=1S/C14H10FNO3/c15-12-4-1-10(2-5-12)9-19-14-6-3-11(8-17)7-13(14)16-18/h1-8H,9H2. The van der Waals surface area contributed by atoms with Gasteiger partial charge in [-0.3, -0.25) is 4.79 Å². The molecule has 0 aliphatic carbocycles. The Morgan fingerprint density at radius 1 is 1.16 bits per heavy atom. The van der Waals surface area contributed by atoms with E-state index in [1.54, 1.807) is 12.1 Å². The molecule has 5 heteroatoms. The summed E-state index contributed by atoms with van der Waals surface area (Å²) in [6, 6.07) is 10.2. The Labute approximate surface area is 108 Å². The van der Waals surface area contributed by atoms with Gasteiger partial charge in [0.05, 0.1) is 0 Å². The van der Waals surface area contributed by atoms with E-state index in [-0.39, 0.29) is 23.9 Å². The van der Waals surface area contributed by atoms with Gasteiger partial charge < -0.3 is 4.74 Å². The van der Waals surface area contributed by atoms with Gasteiger partial charge in [0.1, 0.15) is 24.5 Å². The fourth-order valence-electron chi connectivity index (χ4n) is 1.54. The van der Waals surface area contributed by atoms with Crippen molar-refractivity contribution in [2.24, 2.45) is 5.18 Å². The normalized spacial score (nSPS) is 9.95. The number of nitrogens with zero attached hydrogens (tertiary/aromatic N) is 1. The Hall–Kier alpha value is -2.56. The summed E-state index contributed by atoms with van der Waals surface area (Å²) < 4.78 is 18.1. The minimum absolute atomic E-state index is 0.0618. The predicted molar refractivity (Wildman–Crippen MR) is 68.0 cm³/mol. The molecule has 96 valence electrons. The van der Waals surface area contributed by atoms with E-state index in [1.807, 2.05) is 0 Å². The maximum atomic E-state index is 12.7. The van der Waals surface area contributed by atoms with E-state index in [2.05, 4.69) is 5.18 Å². The first-order valence-corrected chi connectivity index (χ1v) is 5.53. The molecule has 0 aliphatic rings. The second kappa shape index (κ2) is 5.86. The third-order valence-corrected chi connectivity index (χ3v) is 2.53. The highest BCUT2D eigenvalue weighted by atomic mass is 19.1. The molecule has 0 radical (unpaired) electrons. The molecule has 0 bridgehead atoms. The SMILES string of the molecule is O=Cc1ccc(OCc2ccc(F)cc2)c(N=O)c1. The number of carbonyl (C=O) groups is 1. The molecule has 0 atom stereocenters. The fraction of sp³-hybridized carbons (Fsp3) is 0.0714. The molecule has 0 fully saturated rings. The van der Waals surface area contributed by atoms with Crippen LogP contribution in [-0.2, 0) is 6.61 Å². The predicted octanol–water partition coefficient (Wildman–Crippen LogP) is 3.62. The molecule has 19 heavy (non-hydrogen) atoms. The van der Waals surface area contributed by atoms with Gasteiger partial charge in [-0.05, 0) is 41.1 Å². The first-order chi connectivity index (χ1) is 9.22. The van der Waals surface area contributed by atoms with Crippen LogP contribution in [0.3, 0.4) is 0 Å². The third-order valence-electron chi connectivity index (χ3n) is 2.53. The van der Waals surface area contributed by atoms with Gasteiger partial charge in [0, 0.05) is 5.56 Å². The third kappa shape index (κ3) is 3.22. The molecule has 2 rings (SSSR count). The Balaban J connectivity index is 2.12. The van der Waals surface area contributed by atoms with Crippen LogP contribution in [0.2, 0.25) is 0 Å². The maximum absolute atomic E-state index is 12.7. The summed E-state index contributed by atoms with van der Waals surface area (Å²) in [6.07, 6.45) is 0.623. The number of carbonyl (C=O) groups excluding carboxylic acids is 1. The lowest BCUT2D eigenvalue weighted by Gasteiger charge is -2.08. The molecule has 0 N–H and O–H groups in total. The van der Waals surface area contributed by atoms with E-state index < -0.39 is 0 Å². The first kappa shape index (κ1) is 12.9. The van der Waals surface area contributed by atoms with Crippen molar-refractivity contribution in [3.8, 4) is 5.75 Å². The van der Waals surface area contributed by atoms with E-state index in [1.165, 1.54) is 30.3 Å². The van der Waals surface area contributed by atoms with Crippen LogP contribution in [-0.4, -0.2) is 6.29 Å². The van der Waals surface area contributed by atoms with Crippen LogP contribution in [0.4, 0.5) is 10.1 Å². The summed E-state index contributed by atoms with van der Waals surface area (Å²) in [5.74, 6) is -0.0424. The van der Waals surface area contributed by atoms with E-state index >= 15 is 0 Å². The van der Waals surface area contributed by atoms with Gasteiger partial charge in [-0.25, -0.2) is 4.39 Å². The average Bonchev–Trinajstić information content (AvgIpc) is 2.46. The van der Waals surface area contributed by atoms with Crippen LogP contribution in [0, 0.1) is 10.7 Å². The molecule has 0 saturated heterocycles. The Bertz CT molecular complexity index is 596. The van der Waals surface area contributed by atoms with Crippen LogP contribution in [0.1, 0.15) is 15.9 Å². The van der Waals surface area contributed by atoms with Crippen LogP contribution in [0.25, 0.3) is 0 Å². The maximum Gasteiger partial charge on any atom is 0.150 e. The van der Waals surface area contributed by atoms with Gasteiger partial charge in [0.15, 0.2) is 5.69 Å². The van der Waals surface area contributed by atoms with Crippen molar-refractivity contribution in [1.82, 2.24) is 0 Å². The minimum atomic E-state index is -0.325. The molecular weight excluding hydrogens is 249 g/mol. The van der Waals surface area contributed by atoms with E-state index in [9.17, 15) is 14.1 Å². The topological polar surface area (TPSA) is 55.7 Å². The molecule has 0 amide bonds. The van der Waals surface area contributed by atoms with Crippen LogP contribution in [0.5, 0.6) is 5.75 Å². The summed E-state index contributed by atoms with van der Waals surface area (Å²) in [6.45, 7) is 0.184. The summed E-state index contributed by atoms with van der Waals surface area (Å²) in [5.41, 5.74) is 1.17. The number of ether oxygens (including phenoxy) is 1. The lowest BCUT2D eigenvalue weighted by Crippen LogP contribution is -1.96. The van der Waals surface area contributed by atoms with E-state index in [4.69, 9.17) is 4.74 Å². The Morgan fingerprint density at radius 2 is 1.89 bits per heavy atom. The van der Waals surface area contributed by atoms with Crippen molar-refractivity contribution in [2.45, 2.75) is 6.61 Å². The molecule has 2 aromatic rings. The van der Waals surface area contributed by atoms with Gasteiger partial charge >= 0.3 is 0 Å². The van der Waals surface area contributed by atoms with Crippen molar-refractivity contribution in [2.75, 3.05) is 0 Å². The highest BCUT2D eigenvalue weighted by Crippen LogP contribution is 2.28. The number of rotatable bonds is 5. The average molecular weight is 259 g/mol. The van der Waals surface area contributed by atoms with Gasteiger partial charge in [-0.1, -0.05) is 12.1 Å². The fourth-order valence-corrected chi connectivity index (χ4v) is 1.54. The zero-order valence-electron chi connectivity index (χ0n) is 9.88. The molecule has 0 aromatic heterocycles. The molecule has 0 unspecified atom stereocenters. The number of hydrogen-bond donors (Lipinski definition) is 0. The Kier molecular flexibility index (Phi) is 3.97. The van der Waals surface area contributed by atoms with Crippen molar-refractivity contribution in [3.05, 3.63) is 64.3 Å². The first-order valence-electron chi connectivity index (χ1n) is 5.53. The lowest BCUT2D eigenvalue weighted by atomic mass is 10.2. The molecule has 0 saturated carbocycles. The molecular formula is C14H10FNO3. The van der Waals surface area contributed by atoms with E-state index in [0.29, 0.717) is 11.8 Å². The molecule has 2 aromatic carbocycles. The zero-order valence-corrected chi connectivity index (χ0v) is 9.88. The summed E-state index contributed by atoms with van der Waals surface area (Å²) in [7, 11) is 0. The molecule has 4 nitrogen and oxygen atoms in total. The summed E-state index contributed by atoms with van der Waals surface area (Å²) in [4.78, 5) is 21.2. The number of aldehydes is 1. The number of hydrogen-bond acceptors (Lipinski definition) is 4. The molecule has 0 spiro atoms. The van der Waals surface area contributed by atoms with Crippen molar-refractivity contribution < 1.29 is 13.9 Å². The van der Waals surface area contributed by atoms with Crippen molar-refractivity contribution in [3.63, 3.8) is 0 Å². The van der Waals surface area contributed by atoms with Crippen molar-refractivity contribution >= 4 is 12.0 Å². The van der Waals surface area contributed by atoms with Gasteiger partial charge in [-0.15, -0.1) is 4.91 Å². The van der Waals surface area contributed by atoms with Gasteiger partial charge in [-0.2, -0.15) is 0 Å². The monoisotopic (exact) mass is 259 g/mol. The Morgan fingerprint density at radius 3 is 2.53 bits per heavy atom. The summed E-state index contributed by atoms with van der Waals surface area (Å²) >= 11 is 0. The second-order valence-electron chi connectivity index (χ2n) is 3.85. The number of nitroso groups, excluding NO2 is 1. The highest BCUT2D eigenvalue weighted by Gasteiger charge is 2.06. The number of halogens is 1. The van der Waals surface area contributed by atoms with E-state index in [0.717, 1.165) is 5.56 Å². The van der Waals surface area contributed by atoms with Gasteiger partial charge in [0.25, 0.3) is 0 Å². The van der Waals surface area contributed by atoms with Crippen LogP contribution < -0.4 is 4.74 Å². The second-order valence-corrected chi connectivity index (χ2v) is 3.85. The van der Waals surface area contributed by atoms with Crippen LogP contribution >= 0.6 is 0 Å². The largest absolute Gasteiger partial charge is 0.487 e. The smallest absolute Gasteiger partial charge is 0.150 e. The number of benzene rings is 2. The lowest BCUT2D eigenvalue weighted by molar-refractivity contribution is 0.112. The molecule has 0 heterocycles. The molecule has 0 aliphatic heterocycles. The van der Waals surface area contributed by atoms with Crippen LogP contribution in [0.15, 0.2) is 47.6 Å². The summed E-state index contributed by atoms with van der Waals surface area (Å²) in [5, 5.41) is 2.81. The highest BCUT2D eigenvalue weighted by molar-refractivity contribution is 5.77. The van der Waals surface area contributed by atoms with Gasteiger partial charge in [0.2, 0.25) is 0 Å².